The molecule has 1 aliphatic carbocycles. The van der Waals surface area contributed by atoms with Crippen molar-refractivity contribution in [3.8, 4) is 5.75 Å². The highest BCUT2D eigenvalue weighted by Crippen LogP contribution is 2.57. The van der Waals surface area contributed by atoms with Gasteiger partial charge in [-0.1, -0.05) is 39.0 Å². The van der Waals surface area contributed by atoms with Crippen LogP contribution >= 0.6 is 0 Å². The number of carbonyl (C=O) groups excluding carboxylic acids is 2. The predicted molar refractivity (Wildman–Crippen MR) is 107 cm³/mol. The number of carbonyl (C=O) groups is 2. The molecule has 1 aliphatic heterocycles. The van der Waals surface area contributed by atoms with Gasteiger partial charge in [0.05, 0.1) is 0 Å². The topological polar surface area (TPSA) is 83.6 Å². The highest BCUT2D eigenvalue weighted by molar-refractivity contribution is 5.99. The van der Waals surface area contributed by atoms with E-state index in [0.717, 1.165) is 12.0 Å². The Balaban J connectivity index is 1.77. The van der Waals surface area contributed by atoms with Crippen molar-refractivity contribution in [3.05, 3.63) is 64.7 Å². The number of phenolic OH excluding ortho intramolecular Hbond substituents is 1. The van der Waals surface area contributed by atoms with E-state index in [1.54, 1.807) is 30.3 Å². The van der Waals surface area contributed by atoms with Gasteiger partial charge in [0.2, 0.25) is 5.91 Å². The largest absolute Gasteiger partial charge is 0.508 e. The van der Waals surface area contributed by atoms with E-state index < -0.39 is 5.91 Å². The Morgan fingerprint density at radius 1 is 1.11 bits per heavy atom. The van der Waals surface area contributed by atoms with Gasteiger partial charge in [0, 0.05) is 29.1 Å². The average Bonchev–Trinajstić information content (AvgIpc) is 2.65. The van der Waals surface area contributed by atoms with Crippen LogP contribution in [0.4, 0.5) is 0 Å². The number of nitrogens with zero attached hydrogens (tertiary/aromatic N) is 1. The number of likely N-dealkylation sites (tertiary alicyclic amines) is 1. The third-order valence-electron chi connectivity index (χ3n) is 7.28. The van der Waals surface area contributed by atoms with Crippen LogP contribution in [0, 0.1) is 5.41 Å². The zero-order valence-electron chi connectivity index (χ0n) is 16.5. The molecule has 1 fully saturated rings. The molecular formula is C23H26N2O3. The van der Waals surface area contributed by atoms with Crippen LogP contribution in [-0.2, 0) is 11.8 Å². The molecule has 0 aromatic heterocycles. The maximum atomic E-state index is 13.4. The Kier molecular flexibility index (Phi) is 4.03. The summed E-state index contributed by atoms with van der Waals surface area (Å²) in [6.07, 6.45) is 1.43. The molecular weight excluding hydrogens is 352 g/mol. The zero-order valence-corrected chi connectivity index (χ0v) is 16.5. The van der Waals surface area contributed by atoms with Gasteiger partial charge in [-0.3, -0.25) is 9.59 Å². The van der Waals surface area contributed by atoms with Gasteiger partial charge in [0.1, 0.15) is 5.75 Å². The summed E-state index contributed by atoms with van der Waals surface area (Å²) in [5.41, 5.74) is 8.02. The van der Waals surface area contributed by atoms with Gasteiger partial charge in [-0.05, 0) is 53.6 Å². The molecule has 3 N–H and O–H groups in total. The molecule has 2 amide bonds. The van der Waals surface area contributed by atoms with Crippen LogP contribution < -0.4 is 5.73 Å². The number of hydrogen-bond donors (Lipinski definition) is 2. The summed E-state index contributed by atoms with van der Waals surface area (Å²) in [4.78, 5) is 26.8. The number of primary amides is 1. The monoisotopic (exact) mass is 378 g/mol. The van der Waals surface area contributed by atoms with Gasteiger partial charge in [-0.25, -0.2) is 0 Å². The number of benzene rings is 2. The smallest absolute Gasteiger partial charge is 0.254 e. The number of nitrogens with two attached hydrogens (primary N) is 1. The Morgan fingerprint density at radius 3 is 2.50 bits per heavy atom. The summed E-state index contributed by atoms with van der Waals surface area (Å²) in [6.45, 7) is 7.31. The van der Waals surface area contributed by atoms with E-state index in [-0.39, 0.29) is 22.8 Å². The first-order chi connectivity index (χ1) is 13.2. The third-order valence-corrected chi connectivity index (χ3v) is 7.28. The van der Waals surface area contributed by atoms with Crippen molar-refractivity contribution in [1.29, 1.82) is 0 Å². The third kappa shape index (κ3) is 2.45. The van der Waals surface area contributed by atoms with Crippen LogP contribution in [0.1, 0.15) is 59.0 Å². The summed E-state index contributed by atoms with van der Waals surface area (Å²) in [5, 5.41) is 10.5. The second-order valence-corrected chi connectivity index (χ2v) is 8.77. The number of aromatic hydroxyl groups is 1. The molecule has 2 atom stereocenters. The molecule has 2 bridgehead atoms. The van der Waals surface area contributed by atoms with Gasteiger partial charge < -0.3 is 15.7 Å². The fourth-order valence-electron chi connectivity index (χ4n) is 5.14. The molecule has 28 heavy (non-hydrogen) atoms. The van der Waals surface area contributed by atoms with E-state index in [1.165, 1.54) is 5.56 Å². The van der Waals surface area contributed by atoms with Crippen molar-refractivity contribution in [2.75, 3.05) is 6.54 Å². The van der Waals surface area contributed by atoms with Crippen molar-refractivity contribution in [2.45, 2.75) is 45.1 Å². The van der Waals surface area contributed by atoms with Crippen molar-refractivity contribution in [3.63, 3.8) is 0 Å². The van der Waals surface area contributed by atoms with Crippen LogP contribution in [0.5, 0.6) is 5.75 Å². The number of fused-ring (bicyclic) bond motifs is 4. The molecule has 4 rings (SSSR count). The molecule has 5 heteroatoms. The van der Waals surface area contributed by atoms with Crippen molar-refractivity contribution >= 4 is 11.8 Å². The van der Waals surface area contributed by atoms with E-state index in [2.05, 4.69) is 26.8 Å². The van der Waals surface area contributed by atoms with E-state index in [4.69, 9.17) is 5.73 Å². The SMILES string of the molecule is CC12CCN(C(=O)c3cccc(C(N)=O)c3)[C@H](Cc3c(O)cccc31)C2(C)C. The highest BCUT2D eigenvalue weighted by Gasteiger charge is 2.57. The molecule has 5 nitrogen and oxygen atoms in total. The van der Waals surface area contributed by atoms with E-state index in [9.17, 15) is 14.7 Å². The first-order valence-electron chi connectivity index (χ1n) is 9.69. The zero-order chi connectivity index (χ0) is 20.3. The number of piperidine rings is 1. The molecule has 0 spiro atoms. The summed E-state index contributed by atoms with van der Waals surface area (Å²) < 4.78 is 0. The maximum absolute atomic E-state index is 13.4. The predicted octanol–water partition coefficient (Wildman–Crippen LogP) is 3.25. The Labute approximate surface area is 165 Å². The van der Waals surface area contributed by atoms with E-state index >= 15 is 0 Å². The van der Waals surface area contributed by atoms with Gasteiger partial charge in [0.15, 0.2) is 0 Å². The number of hydrogen-bond acceptors (Lipinski definition) is 3. The first-order valence-corrected chi connectivity index (χ1v) is 9.69. The van der Waals surface area contributed by atoms with Crippen LogP contribution in [0.3, 0.4) is 0 Å². The van der Waals surface area contributed by atoms with Crippen molar-refractivity contribution < 1.29 is 14.7 Å². The second-order valence-electron chi connectivity index (χ2n) is 8.77. The fraction of sp³-hybridized carbons (Fsp3) is 0.391. The second kappa shape index (κ2) is 6.09. The molecule has 2 aliphatic rings. The number of amides is 2. The average molecular weight is 378 g/mol. The Hall–Kier alpha value is -2.82. The summed E-state index contributed by atoms with van der Waals surface area (Å²) >= 11 is 0. The molecule has 1 saturated heterocycles. The van der Waals surface area contributed by atoms with Crippen LogP contribution in [0.2, 0.25) is 0 Å². The maximum Gasteiger partial charge on any atom is 0.254 e. The van der Waals surface area contributed by atoms with Crippen LogP contribution in [0.15, 0.2) is 42.5 Å². The van der Waals surface area contributed by atoms with Crippen molar-refractivity contribution in [1.82, 2.24) is 4.90 Å². The standard InChI is InChI=1S/C23H26N2O3/c1-22(2)19-13-16-17(8-5-9-18(16)26)23(22,3)10-11-25(19)21(28)15-7-4-6-14(12-15)20(24)27/h4-9,12,19,26H,10-11,13H2,1-3H3,(H2,24,27)/t19-,23?/m1/s1. The molecule has 0 radical (unpaired) electrons. The lowest BCUT2D eigenvalue weighted by atomic mass is 9.51. The van der Waals surface area contributed by atoms with Gasteiger partial charge in [-0.2, -0.15) is 0 Å². The normalized spacial score (nSPS) is 25.1. The quantitative estimate of drug-likeness (QED) is 0.841. The Morgan fingerprint density at radius 2 is 1.79 bits per heavy atom. The minimum atomic E-state index is -0.544. The molecule has 2 aromatic carbocycles. The summed E-state index contributed by atoms with van der Waals surface area (Å²) in [5.74, 6) is -0.339. The van der Waals surface area contributed by atoms with Gasteiger partial charge in [-0.15, -0.1) is 0 Å². The minimum absolute atomic E-state index is 0.0446. The van der Waals surface area contributed by atoms with Crippen LogP contribution in [0.25, 0.3) is 0 Å². The van der Waals surface area contributed by atoms with Crippen molar-refractivity contribution in [2.24, 2.45) is 11.1 Å². The van der Waals surface area contributed by atoms with Gasteiger partial charge in [0.25, 0.3) is 5.91 Å². The number of rotatable bonds is 2. The molecule has 2 aromatic rings. The first kappa shape index (κ1) is 18.5. The Bertz CT molecular complexity index is 982. The van der Waals surface area contributed by atoms with Gasteiger partial charge >= 0.3 is 0 Å². The lowest BCUT2D eigenvalue weighted by Crippen LogP contribution is -2.64. The van der Waals surface area contributed by atoms with E-state index in [0.29, 0.717) is 29.8 Å². The molecule has 0 saturated carbocycles. The molecule has 146 valence electrons. The minimum Gasteiger partial charge on any atom is -0.508 e. The summed E-state index contributed by atoms with van der Waals surface area (Å²) in [7, 11) is 0. The molecule has 1 heterocycles. The lowest BCUT2D eigenvalue weighted by Gasteiger charge is -2.60. The number of phenols is 1. The van der Waals surface area contributed by atoms with E-state index in [1.807, 2.05) is 11.0 Å². The fourth-order valence-corrected chi connectivity index (χ4v) is 5.14. The lowest BCUT2D eigenvalue weighted by molar-refractivity contribution is -0.0266. The molecule has 1 unspecified atom stereocenters. The highest BCUT2D eigenvalue weighted by atomic mass is 16.3. The van der Waals surface area contributed by atoms with Crippen LogP contribution in [-0.4, -0.2) is 34.4 Å². The summed E-state index contributed by atoms with van der Waals surface area (Å²) in [6, 6.07) is 12.3.